The summed E-state index contributed by atoms with van der Waals surface area (Å²) in [5.74, 6) is 0. The summed E-state index contributed by atoms with van der Waals surface area (Å²) >= 11 is 5.99. The molecule has 0 bridgehead atoms. The van der Waals surface area contributed by atoms with Gasteiger partial charge in [0.15, 0.2) is 0 Å². The minimum atomic E-state index is 0.350. The molecule has 1 aromatic rings. The van der Waals surface area contributed by atoms with E-state index in [-0.39, 0.29) is 0 Å². The fraction of sp³-hybridized carbons (Fsp3) is 0.625. The molecule has 3 unspecified atom stereocenters. The van der Waals surface area contributed by atoms with Gasteiger partial charge in [-0.1, -0.05) is 30.7 Å². The van der Waals surface area contributed by atoms with Crippen LogP contribution >= 0.6 is 11.6 Å². The number of ether oxygens (including phenoxy) is 1. The average Bonchev–Trinajstić information content (AvgIpc) is 2.50. The van der Waals surface area contributed by atoms with Gasteiger partial charge in [0.1, 0.15) is 0 Å². The fourth-order valence-electron chi connectivity index (χ4n) is 3.23. The first-order valence-electron chi connectivity index (χ1n) is 7.43. The van der Waals surface area contributed by atoms with E-state index >= 15 is 0 Å². The third-order valence-electron chi connectivity index (χ3n) is 4.36. The molecule has 0 radical (unpaired) electrons. The van der Waals surface area contributed by atoms with Gasteiger partial charge in [0, 0.05) is 37.3 Å². The van der Waals surface area contributed by atoms with Gasteiger partial charge in [-0.25, -0.2) is 0 Å². The molecule has 0 aromatic heterocycles. The SMILES string of the molecule is CCC(c1ccc(Cl)cc1)N1CCC(OC)CC1CN. The Morgan fingerprint density at radius 1 is 1.40 bits per heavy atom. The minimum Gasteiger partial charge on any atom is -0.381 e. The summed E-state index contributed by atoms with van der Waals surface area (Å²) in [7, 11) is 1.80. The molecule has 1 aliphatic heterocycles. The van der Waals surface area contributed by atoms with Crippen molar-refractivity contribution in [2.45, 2.75) is 44.4 Å². The molecule has 2 N–H and O–H groups in total. The number of hydrogen-bond acceptors (Lipinski definition) is 3. The molecule has 2 rings (SSSR count). The van der Waals surface area contributed by atoms with Crippen LogP contribution in [0.3, 0.4) is 0 Å². The molecule has 112 valence electrons. The number of halogens is 1. The van der Waals surface area contributed by atoms with E-state index in [1.54, 1.807) is 7.11 Å². The molecule has 0 spiro atoms. The Labute approximate surface area is 127 Å². The second-order valence-electron chi connectivity index (χ2n) is 5.49. The van der Waals surface area contributed by atoms with E-state index in [2.05, 4.69) is 24.0 Å². The van der Waals surface area contributed by atoms with Crippen molar-refractivity contribution in [1.29, 1.82) is 0 Å². The number of piperidine rings is 1. The standard InChI is InChI=1S/C16H25ClN2O/c1-3-16(12-4-6-13(17)7-5-12)19-9-8-15(20-2)10-14(19)11-18/h4-7,14-16H,3,8-11,18H2,1-2H3. The van der Waals surface area contributed by atoms with E-state index in [1.165, 1.54) is 5.56 Å². The van der Waals surface area contributed by atoms with Crippen LogP contribution in [0, 0.1) is 0 Å². The number of nitrogens with zero attached hydrogens (tertiary/aromatic N) is 1. The van der Waals surface area contributed by atoms with Gasteiger partial charge in [-0.2, -0.15) is 0 Å². The number of nitrogens with two attached hydrogens (primary N) is 1. The van der Waals surface area contributed by atoms with Crippen LogP contribution in [0.4, 0.5) is 0 Å². The van der Waals surface area contributed by atoms with E-state index in [1.807, 2.05) is 12.1 Å². The van der Waals surface area contributed by atoms with Crippen molar-refractivity contribution in [3.8, 4) is 0 Å². The summed E-state index contributed by atoms with van der Waals surface area (Å²) in [5.41, 5.74) is 7.31. The molecular formula is C16H25ClN2O. The number of methoxy groups -OCH3 is 1. The van der Waals surface area contributed by atoms with Gasteiger partial charge < -0.3 is 10.5 Å². The Bertz CT molecular complexity index is 409. The second-order valence-corrected chi connectivity index (χ2v) is 5.92. The summed E-state index contributed by atoms with van der Waals surface area (Å²) in [6.45, 7) is 3.96. The predicted molar refractivity (Wildman–Crippen MR) is 84.1 cm³/mol. The van der Waals surface area contributed by atoms with Crippen LogP contribution in [0.2, 0.25) is 5.02 Å². The highest BCUT2D eigenvalue weighted by Crippen LogP contribution is 2.32. The van der Waals surface area contributed by atoms with Crippen molar-refractivity contribution in [1.82, 2.24) is 4.90 Å². The van der Waals surface area contributed by atoms with Gasteiger partial charge in [0.2, 0.25) is 0 Å². The lowest BCUT2D eigenvalue weighted by Gasteiger charge is -2.43. The van der Waals surface area contributed by atoms with Crippen LogP contribution in [-0.4, -0.2) is 37.2 Å². The maximum absolute atomic E-state index is 5.99. The van der Waals surface area contributed by atoms with Crippen molar-refractivity contribution >= 4 is 11.6 Å². The minimum absolute atomic E-state index is 0.350. The number of rotatable bonds is 5. The van der Waals surface area contributed by atoms with Gasteiger partial charge in [-0.15, -0.1) is 0 Å². The van der Waals surface area contributed by atoms with E-state index in [0.29, 0.717) is 24.7 Å². The van der Waals surface area contributed by atoms with Crippen LogP contribution in [-0.2, 0) is 4.74 Å². The van der Waals surface area contributed by atoms with Gasteiger partial charge in [0.05, 0.1) is 6.10 Å². The van der Waals surface area contributed by atoms with Crippen LogP contribution in [0.1, 0.15) is 37.8 Å². The van der Waals surface area contributed by atoms with Gasteiger partial charge in [-0.05, 0) is 37.0 Å². The number of benzene rings is 1. The summed E-state index contributed by atoms with van der Waals surface area (Å²) in [5, 5.41) is 0.789. The molecule has 20 heavy (non-hydrogen) atoms. The van der Waals surface area contributed by atoms with Gasteiger partial charge >= 0.3 is 0 Å². The Morgan fingerprint density at radius 2 is 2.10 bits per heavy atom. The van der Waals surface area contributed by atoms with Crippen molar-refractivity contribution in [2.24, 2.45) is 5.73 Å². The summed E-state index contributed by atoms with van der Waals surface area (Å²) < 4.78 is 5.51. The molecular weight excluding hydrogens is 272 g/mol. The molecule has 1 heterocycles. The largest absolute Gasteiger partial charge is 0.381 e. The Morgan fingerprint density at radius 3 is 2.65 bits per heavy atom. The summed E-state index contributed by atoms with van der Waals surface area (Å²) in [4.78, 5) is 2.54. The Hall–Kier alpha value is -0.610. The first-order chi connectivity index (χ1) is 9.69. The molecule has 1 aromatic carbocycles. The third-order valence-corrected chi connectivity index (χ3v) is 4.61. The number of hydrogen-bond donors (Lipinski definition) is 1. The summed E-state index contributed by atoms with van der Waals surface area (Å²) in [6, 6.07) is 9.02. The van der Waals surface area contributed by atoms with Crippen LogP contribution in [0.25, 0.3) is 0 Å². The molecule has 0 saturated carbocycles. The van der Waals surface area contributed by atoms with Crippen molar-refractivity contribution in [3.63, 3.8) is 0 Å². The quantitative estimate of drug-likeness (QED) is 0.906. The number of likely N-dealkylation sites (tertiary alicyclic amines) is 1. The zero-order chi connectivity index (χ0) is 14.5. The molecule has 1 saturated heterocycles. The van der Waals surface area contributed by atoms with E-state index < -0.39 is 0 Å². The molecule has 4 heteroatoms. The maximum Gasteiger partial charge on any atom is 0.0599 e. The predicted octanol–water partition coefficient (Wildman–Crippen LogP) is 3.23. The Balaban J connectivity index is 2.15. The van der Waals surface area contributed by atoms with E-state index in [9.17, 15) is 0 Å². The van der Waals surface area contributed by atoms with Gasteiger partial charge in [-0.3, -0.25) is 4.90 Å². The topological polar surface area (TPSA) is 38.5 Å². The van der Waals surface area contributed by atoms with Crippen LogP contribution < -0.4 is 5.73 Å². The lowest BCUT2D eigenvalue weighted by Crippen LogP contribution is -2.49. The molecule has 3 nitrogen and oxygen atoms in total. The van der Waals surface area contributed by atoms with Crippen LogP contribution in [0.5, 0.6) is 0 Å². The third kappa shape index (κ3) is 3.53. The van der Waals surface area contributed by atoms with E-state index in [4.69, 9.17) is 22.1 Å². The molecule has 1 aliphatic rings. The van der Waals surface area contributed by atoms with Crippen LogP contribution in [0.15, 0.2) is 24.3 Å². The van der Waals surface area contributed by atoms with Crippen molar-refractivity contribution < 1.29 is 4.74 Å². The molecule has 1 fully saturated rings. The highest BCUT2D eigenvalue weighted by Gasteiger charge is 2.32. The fourth-order valence-corrected chi connectivity index (χ4v) is 3.36. The monoisotopic (exact) mass is 296 g/mol. The van der Waals surface area contributed by atoms with Crippen molar-refractivity contribution in [3.05, 3.63) is 34.9 Å². The molecule has 0 amide bonds. The molecule has 0 aliphatic carbocycles. The second kappa shape index (κ2) is 7.41. The Kier molecular flexibility index (Phi) is 5.85. The zero-order valence-electron chi connectivity index (χ0n) is 12.4. The molecule has 3 atom stereocenters. The highest BCUT2D eigenvalue weighted by molar-refractivity contribution is 6.30. The average molecular weight is 297 g/mol. The van der Waals surface area contributed by atoms with Crippen molar-refractivity contribution in [2.75, 3.05) is 20.2 Å². The first-order valence-corrected chi connectivity index (χ1v) is 7.81. The lowest BCUT2D eigenvalue weighted by atomic mass is 9.93. The zero-order valence-corrected chi connectivity index (χ0v) is 13.1. The smallest absolute Gasteiger partial charge is 0.0599 e. The first kappa shape index (κ1) is 15.8. The maximum atomic E-state index is 5.99. The lowest BCUT2D eigenvalue weighted by molar-refractivity contribution is -0.00554. The highest BCUT2D eigenvalue weighted by atomic mass is 35.5. The van der Waals surface area contributed by atoms with E-state index in [0.717, 1.165) is 30.8 Å². The summed E-state index contributed by atoms with van der Waals surface area (Å²) in [6.07, 6.45) is 3.53. The van der Waals surface area contributed by atoms with Gasteiger partial charge in [0.25, 0.3) is 0 Å². The normalized spacial score (nSPS) is 25.6.